The average Bonchev–Trinajstić information content (AvgIpc) is 2.29. The molecule has 114 valence electrons. The van der Waals surface area contributed by atoms with Crippen LogP contribution in [0.4, 0.5) is 0 Å². The van der Waals surface area contributed by atoms with Crippen molar-refractivity contribution in [2.75, 3.05) is 13.1 Å². The molecule has 2 N–H and O–H groups in total. The number of carbonyl (C=O) groups excluding carboxylic acids is 4. The minimum Gasteiger partial charge on any atom is -0.550 e. The molecule has 0 bridgehead atoms. The van der Waals surface area contributed by atoms with Gasteiger partial charge in [0.2, 0.25) is 0 Å². The molecular weight excluding hydrogens is 368 g/mol. The summed E-state index contributed by atoms with van der Waals surface area (Å²) in [5.74, 6) is -7.34. The Kier molecular flexibility index (Phi) is 29.9. The number of nitrogens with two attached hydrogens (primary N) is 1. The molecule has 0 aliphatic heterocycles. The van der Waals surface area contributed by atoms with Crippen LogP contribution >= 0.6 is 0 Å². The Balaban J connectivity index is -0.000000301. The van der Waals surface area contributed by atoms with Crippen LogP contribution in [0.5, 0.6) is 0 Å². The van der Waals surface area contributed by atoms with Crippen LogP contribution in [0.3, 0.4) is 0 Å². The van der Waals surface area contributed by atoms with Gasteiger partial charge in [0.1, 0.15) is 0 Å². The molecule has 0 aliphatic carbocycles. The van der Waals surface area contributed by atoms with Gasteiger partial charge in [0.05, 0.1) is 24.0 Å². The zero-order chi connectivity index (χ0) is 15.9. The van der Waals surface area contributed by atoms with Gasteiger partial charge in [-0.05, 0) is 0 Å². The maximum atomic E-state index is 10.9. The second-order valence-corrected chi connectivity index (χ2v) is 3.85. The number of nitrogens with zero attached hydrogens (tertiary/aromatic N) is 1. The van der Waals surface area contributed by atoms with Crippen molar-refractivity contribution in [1.82, 2.24) is 4.90 Å². The van der Waals surface area contributed by atoms with Crippen molar-refractivity contribution >= 4 is 23.9 Å². The Bertz CT molecular complexity index is 378. The predicted molar refractivity (Wildman–Crippen MR) is 52.6 cm³/mol. The van der Waals surface area contributed by atoms with E-state index in [2.05, 4.69) is 0 Å². The number of carboxylic acid groups (broad SMARTS) is 4. The van der Waals surface area contributed by atoms with E-state index in [1.165, 1.54) is 0 Å². The molecule has 0 aromatic heterocycles. The van der Waals surface area contributed by atoms with E-state index in [9.17, 15) is 39.6 Å². The number of hydrogen-bond acceptors (Lipinski definition) is 10. The molecule has 0 aromatic rings. The number of carboxylic acids is 4. The van der Waals surface area contributed by atoms with E-state index < -0.39 is 55.3 Å². The molecule has 0 aromatic carbocycles. The Morgan fingerprint density at radius 3 is 1.21 bits per heavy atom. The Labute approximate surface area is 227 Å². The monoisotopic (exact) mass is 380 g/mol. The first-order valence-electron chi connectivity index (χ1n) is 5.47. The minimum absolute atomic E-state index is 0. The van der Waals surface area contributed by atoms with Crippen molar-refractivity contribution < 1.29 is 158 Å². The normalized spacial score (nSPS) is 11.4. The molecule has 24 heavy (non-hydrogen) atoms. The van der Waals surface area contributed by atoms with Crippen LogP contribution in [-0.4, -0.2) is 54.0 Å². The summed E-state index contributed by atoms with van der Waals surface area (Å²) in [5.41, 5.74) is 5.17. The molecule has 0 saturated carbocycles. The molecular formula is C10H12N2Na4O8. The Morgan fingerprint density at radius 1 is 0.750 bits per heavy atom. The molecule has 0 amide bonds. The fourth-order valence-corrected chi connectivity index (χ4v) is 1.67. The van der Waals surface area contributed by atoms with Crippen LogP contribution < -0.4 is 144 Å². The van der Waals surface area contributed by atoms with Crippen molar-refractivity contribution in [2.24, 2.45) is 5.73 Å². The van der Waals surface area contributed by atoms with E-state index in [-0.39, 0.29) is 125 Å². The molecule has 0 aliphatic rings. The van der Waals surface area contributed by atoms with E-state index >= 15 is 0 Å². The third-order valence-electron chi connectivity index (χ3n) is 2.45. The number of carbonyl (C=O) groups is 4. The van der Waals surface area contributed by atoms with Gasteiger partial charge in [0, 0.05) is 37.9 Å². The fourth-order valence-electron chi connectivity index (χ4n) is 1.67. The van der Waals surface area contributed by atoms with E-state index in [4.69, 9.17) is 5.73 Å². The van der Waals surface area contributed by atoms with Gasteiger partial charge < -0.3 is 45.3 Å². The molecule has 0 spiro atoms. The van der Waals surface area contributed by atoms with Gasteiger partial charge in [-0.25, -0.2) is 0 Å². The molecule has 0 fully saturated rings. The number of rotatable bonds is 10. The summed E-state index contributed by atoms with van der Waals surface area (Å²) < 4.78 is 0. The molecule has 0 saturated heterocycles. The predicted octanol–water partition coefficient (Wildman–Crippen LogP) is -19.2. The third kappa shape index (κ3) is 14.9. The van der Waals surface area contributed by atoms with Gasteiger partial charge in [0.25, 0.3) is 0 Å². The molecule has 0 radical (unpaired) electrons. The van der Waals surface area contributed by atoms with Crippen molar-refractivity contribution in [3.63, 3.8) is 0 Å². The zero-order valence-corrected chi connectivity index (χ0v) is 22.3. The zero-order valence-electron chi connectivity index (χ0n) is 14.3. The average molecular weight is 380 g/mol. The van der Waals surface area contributed by atoms with E-state index in [1.807, 2.05) is 0 Å². The summed E-state index contributed by atoms with van der Waals surface area (Å²) in [4.78, 5) is 43.3. The first-order chi connectivity index (χ1) is 9.20. The Hall–Kier alpha value is 1.80. The van der Waals surface area contributed by atoms with Gasteiger partial charge in [-0.3, -0.25) is 4.90 Å². The van der Waals surface area contributed by atoms with Crippen LogP contribution in [-0.2, 0) is 19.2 Å². The van der Waals surface area contributed by atoms with Gasteiger partial charge in [-0.1, -0.05) is 0 Å². The van der Waals surface area contributed by atoms with Crippen molar-refractivity contribution in [1.29, 1.82) is 0 Å². The second-order valence-electron chi connectivity index (χ2n) is 3.85. The standard InChI is InChI=1S/C10H16N2O8.4Na/c11-1-2-12(5(9(17)18)3-7(13)14)6(10(19)20)4-8(15)16;;;;/h5-6H,1-4,11H2,(H,13,14)(H,15,16)(H,17,18)(H,19,20);;;;/q;4*+1/p-4. The van der Waals surface area contributed by atoms with Crippen molar-refractivity contribution in [3.8, 4) is 0 Å². The third-order valence-corrected chi connectivity index (χ3v) is 2.45. The quantitative estimate of drug-likeness (QED) is 0.356. The molecule has 14 heteroatoms. The summed E-state index contributed by atoms with van der Waals surface area (Å²) in [6, 6.07) is -3.82. The van der Waals surface area contributed by atoms with Crippen LogP contribution in [0, 0.1) is 0 Å². The summed E-state index contributed by atoms with van der Waals surface area (Å²) in [5, 5.41) is 42.8. The molecule has 10 nitrogen and oxygen atoms in total. The Morgan fingerprint density at radius 2 is 1.04 bits per heavy atom. The van der Waals surface area contributed by atoms with Gasteiger partial charge in [-0.15, -0.1) is 0 Å². The topological polar surface area (TPSA) is 190 Å². The van der Waals surface area contributed by atoms with Gasteiger partial charge >= 0.3 is 118 Å². The first-order valence-corrected chi connectivity index (χ1v) is 5.47. The van der Waals surface area contributed by atoms with Crippen LogP contribution in [0.15, 0.2) is 0 Å². The molecule has 2 unspecified atom stereocenters. The van der Waals surface area contributed by atoms with Crippen molar-refractivity contribution in [3.05, 3.63) is 0 Å². The summed E-state index contributed by atoms with van der Waals surface area (Å²) in [6.45, 7) is -0.633. The molecule has 0 heterocycles. The summed E-state index contributed by atoms with van der Waals surface area (Å²) in [7, 11) is 0. The SMILES string of the molecule is NCCN(C(CC(=O)[O-])C(=O)[O-])C(CC(=O)[O-])C(=O)[O-].[Na+].[Na+].[Na+].[Na+]. The van der Waals surface area contributed by atoms with Gasteiger partial charge in [-0.2, -0.15) is 0 Å². The van der Waals surface area contributed by atoms with E-state index in [1.54, 1.807) is 0 Å². The molecule has 2 atom stereocenters. The van der Waals surface area contributed by atoms with E-state index in [0.29, 0.717) is 4.90 Å². The number of aliphatic carboxylic acids is 4. The largest absolute Gasteiger partial charge is 1.00 e. The smallest absolute Gasteiger partial charge is 0.550 e. The summed E-state index contributed by atoms with van der Waals surface area (Å²) >= 11 is 0. The van der Waals surface area contributed by atoms with Crippen LogP contribution in [0.1, 0.15) is 12.8 Å². The number of hydrogen-bond donors (Lipinski definition) is 1. The fraction of sp³-hybridized carbons (Fsp3) is 0.600. The van der Waals surface area contributed by atoms with Crippen LogP contribution in [0.2, 0.25) is 0 Å². The summed E-state index contributed by atoms with van der Waals surface area (Å²) in [6.07, 6.45) is -2.17. The first kappa shape index (κ1) is 36.7. The van der Waals surface area contributed by atoms with Crippen LogP contribution in [0.25, 0.3) is 0 Å². The van der Waals surface area contributed by atoms with E-state index in [0.717, 1.165) is 0 Å². The van der Waals surface area contributed by atoms with Gasteiger partial charge in [0.15, 0.2) is 0 Å². The molecule has 0 rings (SSSR count). The maximum absolute atomic E-state index is 10.9. The minimum atomic E-state index is -1.91. The maximum Gasteiger partial charge on any atom is 1.00 e. The van der Waals surface area contributed by atoms with Crippen molar-refractivity contribution in [2.45, 2.75) is 24.9 Å². The second kappa shape index (κ2) is 19.6.